The summed E-state index contributed by atoms with van der Waals surface area (Å²) in [6.07, 6.45) is 6.47. The van der Waals surface area contributed by atoms with Crippen LogP contribution in [-0.2, 0) is 14.8 Å². The summed E-state index contributed by atoms with van der Waals surface area (Å²) in [6.45, 7) is 1.75. The van der Waals surface area contributed by atoms with Crippen LogP contribution < -0.4 is 10.5 Å². The Hall–Kier alpha value is -1.40. The standard InChI is InChI=1S/C15H22N2O3S/c1-11-10-13(21(16,19)20)7-8-14(11)17-15(18)9-6-12-4-2-3-5-12/h7-8,10,12H,2-6,9H2,1H3,(H,17,18)(H2,16,19,20). The van der Waals surface area contributed by atoms with Crippen molar-refractivity contribution in [3.63, 3.8) is 0 Å². The van der Waals surface area contributed by atoms with Gasteiger partial charge in [-0.25, -0.2) is 13.6 Å². The number of carbonyl (C=O) groups is 1. The molecule has 2 rings (SSSR count). The zero-order valence-electron chi connectivity index (χ0n) is 12.3. The molecule has 0 atom stereocenters. The molecular weight excluding hydrogens is 288 g/mol. The van der Waals surface area contributed by atoms with Crippen LogP contribution in [-0.4, -0.2) is 14.3 Å². The average Bonchev–Trinajstić information content (AvgIpc) is 2.91. The summed E-state index contributed by atoms with van der Waals surface area (Å²) in [5.41, 5.74) is 1.33. The normalized spacial score (nSPS) is 16.1. The number of sulfonamides is 1. The topological polar surface area (TPSA) is 89.3 Å². The third-order valence-corrected chi connectivity index (χ3v) is 4.97. The molecule has 0 aromatic heterocycles. The average molecular weight is 310 g/mol. The second kappa shape index (κ2) is 6.58. The molecule has 116 valence electrons. The minimum absolute atomic E-state index is 0.0200. The lowest BCUT2D eigenvalue weighted by Crippen LogP contribution is -2.15. The number of nitrogens with one attached hydrogen (secondary N) is 1. The Morgan fingerprint density at radius 1 is 1.33 bits per heavy atom. The third kappa shape index (κ3) is 4.54. The van der Waals surface area contributed by atoms with E-state index >= 15 is 0 Å². The highest BCUT2D eigenvalue weighted by atomic mass is 32.2. The molecule has 1 aliphatic carbocycles. The maximum absolute atomic E-state index is 11.9. The number of rotatable bonds is 5. The third-order valence-electron chi connectivity index (χ3n) is 4.05. The fourth-order valence-electron chi connectivity index (χ4n) is 2.80. The minimum Gasteiger partial charge on any atom is -0.326 e. The van der Waals surface area contributed by atoms with Crippen LogP contribution in [0.2, 0.25) is 0 Å². The van der Waals surface area contributed by atoms with Gasteiger partial charge in [0.25, 0.3) is 0 Å². The summed E-state index contributed by atoms with van der Waals surface area (Å²) in [6, 6.07) is 4.47. The highest BCUT2D eigenvalue weighted by Gasteiger charge is 2.16. The van der Waals surface area contributed by atoms with Crippen LogP contribution in [0, 0.1) is 12.8 Å². The Labute approximate surface area is 126 Å². The number of anilines is 1. The Kier molecular flexibility index (Phi) is 5.00. The van der Waals surface area contributed by atoms with Gasteiger partial charge >= 0.3 is 0 Å². The number of primary sulfonamides is 1. The van der Waals surface area contributed by atoms with Crippen molar-refractivity contribution >= 4 is 21.6 Å². The molecule has 21 heavy (non-hydrogen) atoms. The lowest BCUT2D eigenvalue weighted by atomic mass is 10.0. The van der Waals surface area contributed by atoms with Crippen molar-refractivity contribution in [3.8, 4) is 0 Å². The van der Waals surface area contributed by atoms with Gasteiger partial charge in [0.1, 0.15) is 0 Å². The van der Waals surface area contributed by atoms with E-state index < -0.39 is 10.0 Å². The first kappa shape index (κ1) is 16.0. The first-order valence-electron chi connectivity index (χ1n) is 7.29. The molecule has 0 unspecified atom stereocenters. The molecule has 1 saturated carbocycles. The fraction of sp³-hybridized carbons (Fsp3) is 0.533. The molecule has 0 radical (unpaired) electrons. The van der Waals surface area contributed by atoms with Crippen molar-refractivity contribution in [1.29, 1.82) is 0 Å². The molecule has 1 amide bonds. The number of aryl methyl sites for hydroxylation is 1. The van der Waals surface area contributed by atoms with Crippen LogP contribution in [0.4, 0.5) is 5.69 Å². The summed E-state index contributed by atoms with van der Waals surface area (Å²) in [5.74, 6) is 0.662. The quantitative estimate of drug-likeness (QED) is 0.876. The van der Waals surface area contributed by atoms with Gasteiger partial charge < -0.3 is 5.32 Å². The SMILES string of the molecule is Cc1cc(S(N)(=O)=O)ccc1NC(=O)CCC1CCCC1. The zero-order valence-corrected chi connectivity index (χ0v) is 13.1. The number of hydrogen-bond donors (Lipinski definition) is 2. The van der Waals surface area contributed by atoms with Crippen LogP contribution in [0.25, 0.3) is 0 Å². The highest BCUT2D eigenvalue weighted by Crippen LogP contribution is 2.28. The summed E-state index contributed by atoms with van der Waals surface area (Å²) < 4.78 is 22.5. The molecule has 6 heteroatoms. The summed E-state index contributed by atoms with van der Waals surface area (Å²) >= 11 is 0. The molecule has 0 spiro atoms. The lowest BCUT2D eigenvalue weighted by Gasteiger charge is -2.11. The second-order valence-electron chi connectivity index (χ2n) is 5.76. The van der Waals surface area contributed by atoms with Crippen LogP contribution in [0.3, 0.4) is 0 Å². The molecule has 1 aliphatic rings. The first-order valence-corrected chi connectivity index (χ1v) is 8.84. The van der Waals surface area contributed by atoms with E-state index in [4.69, 9.17) is 5.14 Å². The zero-order chi connectivity index (χ0) is 15.5. The van der Waals surface area contributed by atoms with Gasteiger partial charge in [0.2, 0.25) is 15.9 Å². The van der Waals surface area contributed by atoms with Gasteiger partial charge in [-0.3, -0.25) is 4.79 Å². The number of amides is 1. The number of nitrogens with two attached hydrogens (primary N) is 1. The van der Waals surface area contributed by atoms with Gasteiger partial charge in [-0.15, -0.1) is 0 Å². The van der Waals surface area contributed by atoms with Crippen molar-refractivity contribution in [2.45, 2.75) is 50.3 Å². The molecule has 0 saturated heterocycles. The van der Waals surface area contributed by atoms with Crippen molar-refractivity contribution in [2.24, 2.45) is 11.1 Å². The molecule has 1 fully saturated rings. The molecule has 0 aliphatic heterocycles. The highest BCUT2D eigenvalue weighted by molar-refractivity contribution is 7.89. The molecular formula is C15H22N2O3S. The van der Waals surface area contributed by atoms with E-state index in [1.54, 1.807) is 13.0 Å². The largest absolute Gasteiger partial charge is 0.326 e. The Morgan fingerprint density at radius 3 is 2.57 bits per heavy atom. The summed E-state index contributed by atoms with van der Waals surface area (Å²) in [4.78, 5) is 12.0. The van der Waals surface area contributed by atoms with Gasteiger partial charge in [0, 0.05) is 12.1 Å². The summed E-state index contributed by atoms with van der Waals surface area (Å²) in [5, 5.41) is 7.92. The number of carbonyl (C=O) groups excluding carboxylic acids is 1. The fourth-order valence-corrected chi connectivity index (χ4v) is 3.40. The van der Waals surface area contributed by atoms with Crippen molar-refractivity contribution < 1.29 is 13.2 Å². The van der Waals surface area contributed by atoms with Crippen LogP contribution in [0.1, 0.15) is 44.1 Å². The maximum atomic E-state index is 11.9. The molecule has 1 aromatic carbocycles. The summed E-state index contributed by atoms with van der Waals surface area (Å²) in [7, 11) is -3.70. The molecule has 1 aromatic rings. The maximum Gasteiger partial charge on any atom is 0.238 e. The van der Waals surface area contributed by atoms with Crippen molar-refractivity contribution in [2.75, 3.05) is 5.32 Å². The van der Waals surface area contributed by atoms with E-state index in [1.807, 2.05) is 0 Å². The van der Waals surface area contributed by atoms with Gasteiger partial charge in [-0.2, -0.15) is 0 Å². The van der Waals surface area contributed by atoms with Crippen LogP contribution in [0.5, 0.6) is 0 Å². The lowest BCUT2D eigenvalue weighted by molar-refractivity contribution is -0.116. The number of benzene rings is 1. The minimum atomic E-state index is -3.70. The smallest absolute Gasteiger partial charge is 0.238 e. The predicted octanol–water partition coefficient (Wildman–Crippen LogP) is 2.55. The predicted molar refractivity (Wildman–Crippen MR) is 82.4 cm³/mol. The molecule has 0 bridgehead atoms. The van der Waals surface area contributed by atoms with Gasteiger partial charge in [-0.1, -0.05) is 25.7 Å². The van der Waals surface area contributed by atoms with Crippen molar-refractivity contribution in [1.82, 2.24) is 0 Å². The van der Waals surface area contributed by atoms with E-state index in [2.05, 4.69) is 5.32 Å². The molecule has 0 heterocycles. The van der Waals surface area contributed by atoms with E-state index in [0.29, 0.717) is 23.6 Å². The Morgan fingerprint density at radius 2 is 2.00 bits per heavy atom. The van der Waals surface area contributed by atoms with Crippen LogP contribution in [0.15, 0.2) is 23.1 Å². The van der Waals surface area contributed by atoms with E-state index in [-0.39, 0.29) is 10.8 Å². The van der Waals surface area contributed by atoms with Gasteiger partial charge in [-0.05, 0) is 43.0 Å². The Bertz CT molecular complexity index is 620. The van der Waals surface area contributed by atoms with Crippen molar-refractivity contribution in [3.05, 3.63) is 23.8 Å². The Balaban J connectivity index is 1.94. The first-order chi connectivity index (χ1) is 9.86. The van der Waals surface area contributed by atoms with E-state index in [1.165, 1.54) is 37.8 Å². The van der Waals surface area contributed by atoms with E-state index in [9.17, 15) is 13.2 Å². The van der Waals surface area contributed by atoms with E-state index in [0.717, 1.165) is 6.42 Å². The van der Waals surface area contributed by atoms with Gasteiger partial charge in [0.05, 0.1) is 4.90 Å². The number of hydrogen-bond acceptors (Lipinski definition) is 3. The van der Waals surface area contributed by atoms with Gasteiger partial charge in [0.15, 0.2) is 0 Å². The molecule has 5 nitrogen and oxygen atoms in total. The monoisotopic (exact) mass is 310 g/mol. The second-order valence-corrected chi connectivity index (χ2v) is 7.32. The van der Waals surface area contributed by atoms with Crippen LogP contribution >= 0.6 is 0 Å². The molecule has 3 N–H and O–H groups in total.